The molecule has 0 amide bonds. The smallest absolute Gasteiger partial charge is 0.115 e. The Labute approximate surface area is 74.9 Å². The van der Waals surface area contributed by atoms with Crippen LogP contribution in [0.15, 0.2) is 4.47 Å². The van der Waals surface area contributed by atoms with Gasteiger partial charge in [-0.1, -0.05) is 23.2 Å². The SMILES string of the molecule is Nc1sc(Cl)c(Cl)c1Br. The van der Waals surface area contributed by atoms with Crippen molar-refractivity contribution in [2.24, 2.45) is 0 Å². The highest BCUT2D eigenvalue weighted by Crippen LogP contribution is 2.42. The lowest BCUT2D eigenvalue weighted by molar-refractivity contribution is 1.84. The van der Waals surface area contributed by atoms with Crippen LogP contribution in [0.4, 0.5) is 5.00 Å². The minimum atomic E-state index is 0.499. The molecule has 1 heterocycles. The van der Waals surface area contributed by atoms with Gasteiger partial charge in [-0.05, 0) is 15.9 Å². The van der Waals surface area contributed by atoms with E-state index in [1.165, 1.54) is 11.3 Å². The van der Waals surface area contributed by atoms with E-state index in [-0.39, 0.29) is 0 Å². The number of rotatable bonds is 0. The van der Waals surface area contributed by atoms with Crippen molar-refractivity contribution in [3.8, 4) is 0 Å². The summed E-state index contributed by atoms with van der Waals surface area (Å²) in [6.45, 7) is 0. The second-order valence-corrected chi connectivity index (χ2v) is 4.19. The topological polar surface area (TPSA) is 26.0 Å². The first-order valence-electron chi connectivity index (χ1n) is 2.01. The van der Waals surface area contributed by atoms with E-state index >= 15 is 0 Å². The third kappa shape index (κ3) is 1.34. The number of anilines is 1. The lowest BCUT2D eigenvalue weighted by Gasteiger charge is -1.82. The summed E-state index contributed by atoms with van der Waals surface area (Å²) < 4.78 is 1.22. The number of hydrogen-bond acceptors (Lipinski definition) is 2. The van der Waals surface area contributed by atoms with Gasteiger partial charge in [0.05, 0.1) is 9.50 Å². The monoisotopic (exact) mass is 245 g/mol. The zero-order chi connectivity index (χ0) is 7.02. The number of nitrogens with two attached hydrogens (primary N) is 1. The zero-order valence-corrected chi connectivity index (χ0v) is 8.03. The molecule has 1 aromatic heterocycles. The predicted molar refractivity (Wildman–Crippen MR) is 46.5 cm³/mol. The summed E-state index contributed by atoms with van der Waals surface area (Å²) in [4.78, 5) is 0. The van der Waals surface area contributed by atoms with Gasteiger partial charge in [-0.3, -0.25) is 0 Å². The van der Waals surface area contributed by atoms with Gasteiger partial charge in [0.1, 0.15) is 9.34 Å². The van der Waals surface area contributed by atoms with Gasteiger partial charge in [0, 0.05) is 0 Å². The molecule has 50 valence electrons. The second kappa shape index (κ2) is 2.66. The number of thiophene rings is 1. The molecule has 0 bridgehead atoms. The van der Waals surface area contributed by atoms with Crippen molar-refractivity contribution in [2.75, 3.05) is 5.73 Å². The van der Waals surface area contributed by atoms with E-state index in [2.05, 4.69) is 15.9 Å². The summed E-state index contributed by atoms with van der Waals surface area (Å²) >= 11 is 15.7. The van der Waals surface area contributed by atoms with E-state index in [9.17, 15) is 0 Å². The van der Waals surface area contributed by atoms with Crippen molar-refractivity contribution < 1.29 is 0 Å². The number of hydrogen-bond donors (Lipinski definition) is 1. The minimum Gasteiger partial charge on any atom is -0.390 e. The van der Waals surface area contributed by atoms with Gasteiger partial charge in [0.2, 0.25) is 0 Å². The lowest BCUT2D eigenvalue weighted by Crippen LogP contribution is -1.76. The molecule has 0 aliphatic carbocycles. The van der Waals surface area contributed by atoms with Crippen molar-refractivity contribution in [3.63, 3.8) is 0 Å². The first-order valence-corrected chi connectivity index (χ1v) is 4.38. The third-order valence-electron chi connectivity index (χ3n) is 0.781. The molecule has 0 unspecified atom stereocenters. The molecule has 2 N–H and O–H groups in total. The quantitative estimate of drug-likeness (QED) is 0.746. The third-order valence-corrected chi connectivity index (χ3v) is 3.91. The molecule has 1 aromatic rings. The summed E-state index contributed by atoms with van der Waals surface area (Å²) in [5.41, 5.74) is 5.44. The van der Waals surface area contributed by atoms with Gasteiger partial charge in [-0.2, -0.15) is 0 Å². The lowest BCUT2D eigenvalue weighted by atomic mass is 10.6. The van der Waals surface area contributed by atoms with E-state index in [1.54, 1.807) is 0 Å². The van der Waals surface area contributed by atoms with Gasteiger partial charge in [-0.15, -0.1) is 11.3 Å². The van der Waals surface area contributed by atoms with E-state index in [4.69, 9.17) is 28.9 Å². The Morgan fingerprint density at radius 2 is 2.00 bits per heavy atom. The Hall–Kier alpha value is 0.560. The Kier molecular flexibility index (Phi) is 2.27. The fourth-order valence-corrected chi connectivity index (χ4v) is 2.26. The minimum absolute atomic E-state index is 0.499. The van der Waals surface area contributed by atoms with Crippen LogP contribution in [-0.4, -0.2) is 0 Å². The summed E-state index contributed by atoms with van der Waals surface area (Å²) in [7, 11) is 0. The summed E-state index contributed by atoms with van der Waals surface area (Å²) in [6, 6.07) is 0. The van der Waals surface area contributed by atoms with E-state index in [0.29, 0.717) is 18.8 Å². The molecule has 0 aromatic carbocycles. The van der Waals surface area contributed by atoms with E-state index in [0.717, 1.165) is 0 Å². The summed E-state index contributed by atoms with van der Waals surface area (Å²) in [5, 5.41) is 1.11. The average Bonchev–Trinajstić information content (AvgIpc) is 1.98. The Bertz CT molecular complexity index is 212. The van der Waals surface area contributed by atoms with Crippen molar-refractivity contribution in [3.05, 3.63) is 13.8 Å². The number of halogens is 3. The largest absolute Gasteiger partial charge is 0.390 e. The highest BCUT2D eigenvalue weighted by molar-refractivity contribution is 9.10. The molecule has 1 nitrogen and oxygen atoms in total. The van der Waals surface area contributed by atoms with Crippen molar-refractivity contribution in [1.82, 2.24) is 0 Å². The molecule has 0 fully saturated rings. The van der Waals surface area contributed by atoms with Gasteiger partial charge in [0.15, 0.2) is 0 Å². The summed E-state index contributed by atoms with van der Waals surface area (Å²) in [6.07, 6.45) is 0. The molecule has 9 heavy (non-hydrogen) atoms. The van der Waals surface area contributed by atoms with Crippen LogP contribution in [0.5, 0.6) is 0 Å². The maximum absolute atomic E-state index is 5.65. The Morgan fingerprint density at radius 1 is 1.44 bits per heavy atom. The molecule has 0 saturated carbocycles. The molecule has 1 rings (SSSR count). The maximum Gasteiger partial charge on any atom is 0.115 e. The highest BCUT2D eigenvalue weighted by atomic mass is 79.9. The molecular formula is C4H2BrCl2NS. The molecule has 0 aliphatic rings. The van der Waals surface area contributed by atoms with Crippen LogP contribution in [0.25, 0.3) is 0 Å². The molecular weight excluding hydrogens is 245 g/mol. The van der Waals surface area contributed by atoms with Gasteiger partial charge < -0.3 is 5.73 Å². The first kappa shape index (κ1) is 7.66. The van der Waals surface area contributed by atoms with Crippen LogP contribution >= 0.6 is 50.5 Å². The molecule has 0 aliphatic heterocycles. The van der Waals surface area contributed by atoms with Crippen LogP contribution < -0.4 is 5.73 Å². The fraction of sp³-hybridized carbons (Fsp3) is 0. The molecule has 5 heteroatoms. The van der Waals surface area contributed by atoms with E-state index in [1.807, 2.05) is 0 Å². The normalized spacial score (nSPS) is 10.1. The average molecular weight is 247 g/mol. The predicted octanol–water partition coefficient (Wildman–Crippen LogP) is 3.40. The highest BCUT2D eigenvalue weighted by Gasteiger charge is 2.09. The molecule has 0 atom stereocenters. The van der Waals surface area contributed by atoms with Crippen molar-refractivity contribution >= 4 is 55.5 Å². The van der Waals surface area contributed by atoms with E-state index < -0.39 is 0 Å². The second-order valence-electron chi connectivity index (χ2n) is 1.37. The van der Waals surface area contributed by atoms with Crippen molar-refractivity contribution in [2.45, 2.75) is 0 Å². The molecule has 0 spiro atoms. The van der Waals surface area contributed by atoms with Gasteiger partial charge in [0.25, 0.3) is 0 Å². The van der Waals surface area contributed by atoms with Crippen LogP contribution in [0.2, 0.25) is 9.36 Å². The zero-order valence-electron chi connectivity index (χ0n) is 4.12. The Morgan fingerprint density at radius 3 is 2.11 bits per heavy atom. The number of nitrogen functional groups attached to an aromatic ring is 1. The maximum atomic E-state index is 5.65. The van der Waals surface area contributed by atoms with Crippen LogP contribution in [0.3, 0.4) is 0 Å². The van der Waals surface area contributed by atoms with Gasteiger partial charge >= 0.3 is 0 Å². The molecule has 0 radical (unpaired) electrons. The van der Waals surface area contributed by atoms with Crippen LogP contribution in [0.1, 0.15) is 0 Å². The van der Waals surface area contributed by atoms with Crippen molar-refractivity contribution in [1.29, 1.82) is 0 Å². The summed E-state index contributed by atoms with van der Waals surface area (Å²) in [5.74, 6) is 0. The fourth-order valence-electron chi connectivity index (χ4n) is 0.381. The first-order chi connectivity index (χ1) is 4.13. The van der Waals surface area contributed by atoms with Crippen LogP contribution in [0, 0.1) is 0 Å². The standard InChI is InChI=1S/C4H2BrCl2NS/c5-1-2(6)3(7)9-4(1)8/h8H2. The van der Waals surface area contributed by atoms with Gasteiger partial charge in [-0.25, -0.2) is 0 Å². The van der Waals surface area contributed by atoms with Crippen LogP contribution in [-0.2, 0) is 0 Å². The Balaban J connectivity index is 3.29. The molecule has 0 saturated heterocycles.